The van der Waals surface area contributed by atoms with E-state index in [4.69, 9.17) is 27.9 Å². The maximum absolute atomic E-state index is 13.6. The van der Waals surface area contributed by atoms with Crippen LogP contribution in [-0.2, 0) is 25.5 Å². The third kappa shape index (κ3) is 6.50. The van der Waals surface area contributed by atoms with Crippen molar-refractivity contribution in [2.45, 2.75) is 25.3 Å². The van der Waals surface area contributed by atoms with Gasteiger partial charge in [-0.25, -0.2) is 0 Å². The summed E-state index contributed by atoms with van der Waals surface area (Å²) in [5.74, 6) is -2.39. The highest BCUT2D eigenvalue weighted by molar-refractivity contribution is 6.31. The first-order valence-corrected chi connectivity index (χ1v) is 11.8. The van der Waals surface area contributed by atoms with Gasteiger partial charge in [-0.05, 0) is 42.2 Å². The van der Waals surface area contributed by atoms with Crippen molar-refractivity contribution < 1.29 is 24.2 Å². The molecule has 1 heterocycles. The van der Waals surface area contributed by atoms with Gasteiger partial charge < -0.3 is 19.6 Å². The molecule has 0 unspecified atom stereocenters. The number of aryl methyl sites for hydroxylation is 1. The molecule has 34 heavy (non-hydrogen) atoms. The number of methoxy groups -OCH3 is 1. The predicted molar refractivity (Wildman–Crippen MR) is 130 cm³/mol. The number of carbonyl (C=O) groups excluding carboxylic acids is 2. The van der Waals surface area contributed by atoms with E-state index in [1.165, 1.54) is 4.90 Å². The van der Waals surface area contributed by atoms with Crippen LogP contribution in [0.3, 0.4) is 0 Å². The molecule has 0 bridgehead atoms. The van der Waals surface area contributed by atoms with Crippen molar-refractivity contribution in [1.29, 1.82) is 0 Å². The van der Waals surface area contributed by atoms with Crippen LogP contribution in [0, 0.1) is 5.92 Å². The van der Waals surface area contributed by atoms with Crippen LogP contribution in [-0.4, -0.2) is 66.0 Å². The van der Waals surface area contributed by atoms with Gasteiger partial charge in [-0.15, -0.1) is 0 Å². The molecule has 9 heteroatoms. The first-order valence-electron chi connectivity index (χ1n) is 11.1. The van der Waals surface area contributed by atoms with E-state index in [1.54, 1.807) is 48.4 Å². The fourth-order valence-electron chi connectivity index (χ4n) is 4.35. The number of halogens is 2. The summed E-state index contributed by atoms with van der Waals surface area (Å²) in [6.07, 6.45) is 1.23. The molecule has 3 rings (SSSR count). The number of carboxylic acids is 1. The molecular formula is C25H28Cl2N2O5. The van der Waals surface area contributed by atoms with Gasteiger partial charge in [0.25, 0.3) is 0 Å². The molecule has 1 saturated heterocycles. The van der Waals surface area contributed by atoms with Gasteiger partial charge >= 0.3 is 5.97 Å². The first kappa shape index (κ1) is 26.0. The van der Waals surface area contributed by atoms with Gasteiger partial charge in [0.05, 0.1) is 18.6 Å². The second-order valence-corrected chi connectivity index (χ2v) is 9.08. The van der Waals surface area contributed by atoms with Gasteiger partial charge in [0.2, 0.25) is 11.8 Å². The van der Waals surface area contributed by atoms with Crippen molar-refractivity contribution >= 4 is 41.0 Å². The Morgan fingerprint density at radius 1 is 1.15 bits per heavy atom. The van der Waals surface area contributed by atoms with E-state index in [9.17, 15) is 19.5 Å². The third-order valence-corrected chi connectivity index (χ3v) is 6.55. The van der Waals surface area contributed by atoms with E-state index in [0.29, 0.717) is 41.6 Å². The Morgan fingerprint density at radius 3 is 2.50 bits per heavy atom. The van der Waals surface area contributed by atoms with Crippen molar-refractivity contribution in [2.24, 2.45) is 5.92 Å². The van der Waals surface area contributed by atoms with Gasteiger partial charge in [0, 0.05) is 36.7 Å². The topological polar surface area (TPSA) is 87.2 Å². The van der Waals surface area contributed by atoms with Crippen molar-refractivity contribution in [2.75, 3.05) is 33.4 Å². The number of likely N-dealkylation sites (tertiary alicyclic amines) is 1. The van der Waals surface area contributed by atoms with Crippen molar-refractivity contribution in [1.82, 2.24) is 9.80 Å². The van der Waals surface area contributed by atoms with E-state index in [2.05, 4.69) is 0 Å². The normalized spacial score (nSPS) is 17.7. The average molecular weight is 507 g/mol. The number of benzene rings is 2. The number of carboxylic acid groups (broad SMARTS) is 1. The molecule has 1 fully saturated rings. The number of ether oxygens (including phenoxy) is 1. The summed E-state index contributed by atoms with van der Waals surface area (Å²) in [4.78, 5) is 41.0. The third-order valence-electron chi connectivity index (χ3n) is 5.95. The van der Waals surface area contributed by atoms with Crippen LogP contribution in [0.1, 0.15) is 30.0 Å². The predicted octanol–water partition coefficient (Wildman–Crippen LogP) is 4.08. The monoisotopic (exact) mass is 506 g/mol. The van der Waals surface area contributed by atoms with Crippen LogP contribution in [0.15, 0.2) is 48.5 Å². The number of aliphatic carboxylic acids is 1. The molecule has 2 aromatic rings. The Bertz CT molecular complexity index is 1010. The lowest BCUT2D eigenvalue weighted by atomic mass is 9.92. The summed E-state index contributed by atoms with van der Waals surface area (Å²) in [6.45, 7) is 0.446. The van der Waals surface area contributed by atoms with Crippen LogP contribution in [0.5, 0.6) is 0 Å². The average Bonchev–Trinajstić information content (AvgIpc) is 3.13. The summed E-state index contributed by atoms with van der Waals surface area (Å²) >= 11 is 12.4. The Labute approximate surface area is 209 Å². The van der Waals surface area contributed by atoms with Crippen LogP contribution < -0.4 is 0 Å². The number of nitrogens with zero attached hydrogens (tertiary/aromatic N) is 2. The van der Waals surface area contributed by atoms with E-state index < -0.39 is 24.5 Å². The number of carbonyl (C=O) groups is 3. The number of rotatable bonds is 11. The van der Waals surface area contributed by atoms with Gasteiger partial charge in [-0.3, -0.25) is 14.4 Å². The van der Waals surface area contributed by atoms with Crippen LogP contribution >= 0.6 is 23.2 Å². The molecule has 0 saturated carbocycles. The Hall–Kier alpha value is -2.61. The molecule has 2 aromatic carbocycles. The van der Waals surface area contributed by atoms with E-state index in [-0.39, 0.29) is 24.8 Å². The minimum absolute atomic E-state index is 0.00819. The quantitative estimate of drug-likeness (QED) is 0.496. The summed E-state index contributed by atoms with van der Waals surface area (Å²) in [7, 11) is 1.54. The number of amides is 2. The molecule has 1 aliphatic rings. The zero-order chi connectivity index (χ0) is 24.7. The van der Waals surface area contributed by atoms with E-state index in [0.717, 1.165) is 5.56 Å². The minimum Gasteiger partial charge on any atom is -0.480 e. The SMILES string of the molecule is COCCN1C(=O)C[C@@H](C(=O)N(CCCc2ccc(Cl)cc2)CC(=O)O)[C@@H]1c1ccccc1Cl. The highest BCUT2D eigenvalue weighted by Gasteiger charge is 2.46. The molecule has 2 atom stereocenters. The van der Waals surface area contributed by atoms with Crippen molar-refractivity contribution in [3.05, 3.63) is 69.7 Å². The molecule has 2 amide bonds. The highest BCUT2D eigenvalue weighted by atomic mass is 35.5. The zero-order valence-electron chi connectivity index (χ0n) is 19.0. The Kier molecular flexibility index (Phi) is 9.33. The van der Waals surface area contributed by atoms with Gasteiger partial charge in [0.15, 0.2) is 0 Å². The van der Waals surface area contributed by atoms with Gasteiger partial charge in [0.1, 0.15) is 6.54 Å². The molecular weight excluding hydrogens is 479 g/mol. The standard InChI is InChI=1S/C25H28Cl2N2O5/c1-34-14-13-29-22(30)15-20(24(29)19-6-2-3-7-21(19)27)25(33)28(16-23(31)32)12-4-5-17-8-10-18(26)11-9-17/h2-3,6-11,20,24H,4-5,12-16H2,1H3,(H,31,32)/t20-,24+/m1/s1. The second-order valence-electron chi connectivity index (χ2n) is 8.24. The summed E-state index contributed by atoms with van der Waals surface area (Å²) in [5.41, 5.74) is 1.71. The van der Waals surface area contributed by atoms with E-state index in [1.807, 2.05) is 12.1 Å². The van der Waals surface area contributed by atoms with Crippen molar-refractivity contribution in [3.8, 4) is 0 Å². The molecule has 0 aromatic heterocycles. The zero-order valence-corrected chi connectivity index (χ0v) is 20.5. The maximum Gasteiger partial charge on any atom is 0.323 e. The maximum atomic E-state index is 13.6. The molecule has 0 aliphatic carbocycles. The number of hydrogen-bond acceptors (Lipinski definition) is 4. The molecule has 182 valence electrons. The summed E-state index contributed by atoms with van der Waals surface area (Å²) in [6, 6.07) is 13.9. The second kappa shape index (κ2) is 12.2. The fraction of sp³-hybridized carbons (Fsp3) is 0.400. The lowest BCUT2D eigenvalue weighted by Crippen LogP contribution is -2.42. The fourth-order valence-corrected chi connectivity index (χ4v) is 4.73. The molecule has 7 nitrogen and oxygen atoms in total. The molecule has 1 aliphatic heterocycles. The van der Waals surface area contributed by atoms with E-state index >= 15 is 0 Å². The highest BCUT2D eigenvalue weighted by Crippen LogP contribution is 2.41. The Morgan fingerprint density at radius 2 is 1.85 bits per heavy atom. The number of hydrogen-bond donors (Lipinski definition) is 1. The van der Waals surface area contributed by atoms with Crippen LogP contribution in [0.4, 0.5) is 0 Å². The summed E-state index contributed by atoms with van der Waals surface area (Å²) < 4.78 is 5.16. The van der Waals surface area contributed by atoms with Gasteiger partial charge in [-0.2, -0.15) is 0 Å². The van der Waals surface area contributed by atoms with Crippen LogP contribution in [0.2, 0.25) is 10.0 Å². The first-order chi connectivity index (χ1) is 16.3. The largest absolute Gasteiger partial charge is 0.480 e. The van der Waals surface area contributed by atoms with Crippen LogP contribution in [0.25, 0.3) is 0 Å². The molecule has 1 N–H and O–H groups in total. The minimum atomic E-state index is -1.10. The lowest BCUT2D eigenvalue weighted by molar-refractivity contribution is -0.146. The Balaban J connectivity index is 1.82. The molecule has 0 spiro atoms. The summed E-state index contributed by atoms with van der Waals surface area (Å²) in [5, 5.41) is 10.5. The van der Waals surface area contributed by atoms with Gasteiger partial charge in [-0.1, -0.05) is 53.5 Å². The smallest absolute Gasteiger partial charge is 0.323 e. The lowest BCUT2D eigenvalue weighted by Gasteiger charge is -2.31. The molecule has 0 radical (unpaired) electrons. The van der Waals surface area contributed by atoms with Crippen molar-refractivity contribution in [3.63, 3.8) is 0 Å².